The minimum atomic E-state index is -0.0432. The normalized spacial score (nSPS) is 48.5. The van der Waals surface area contributed by atoms with Crippen LogP contribution in [0.15, 0.2) is 0 Å². The second kappa shape index (κ2) is 3.00. The van der Waals surface area contributed by atoms with Gasteiger partial charge < -0.3 is 10.4 Å². The Morgan fingerprint density at radius 1 is 1.42 bits per heavy atom. The summed E-state index contributed by atoms with van der Waals surface area (Å²) < 4.78 is 0. The largest absolute Gasteiger partial charge is 0.393 e. The molecule has 0 amide bonds. The smallest absolute Gasteiger partial charge is 0.0597 e. The van der Waals surface area contributed by atoms with Crippen LogP contribution in [0.2, 0.25) is 0 Å². The van der Waals surface area contributed by atoms with Gasteiger partial charge in [-0.05, 0) is 43.7 Å². The van der Waals surface area contributed by atoms with E-state index in [0.717, 1.165) is 31.8 Å². The van der Waals surface area contributed by atoms with Crippen LogP contribution in [0.1, 0.15) is 32.6 Å². The summed E-state index contributed by atoms with van der Waals surface area (Å²) >= 11 is 0. The van der Waals surface area contributed by atoms with Crippen molar-refractivity contribution in [1.82, 2.24) is 5.32 Å². The van der Waals surface area contributed by atoms with E-state index < -0.39 is 0 Å². The lowest BCUT2D eigenvalue weighted by atomic mass is 9.62. The fraction of sp³-hybridized carbons (Fsp3) is 1.00. The van der Waals surface area contributed by atoms with Crippen molar-refractivity contribution in [3.05, 3.63) is 0 Å². The maximum Gasteiger partial charge on any atom is 0.0597 e. The van der Waals surface area contributed by atoms with Gasteiger partial charge in [-0.25, -0.2) is 0 Å². The van der Waals surface area contributed by atoms with Crippen LogP contribution in [-0.2, 0) is 0 Å². The van der Waals surface area contributed by atoms with Gasteiger partial charge in [-0.15, -0.1) is 0 Å². The molecule has 1 aliphatic carbocycles. The van der Waals surface area contributed by atoms with Gasteiger partial charge in [0.05, 0.1) is 6.10 Å². The van der Waals surface area contributed by atoms with Crippen LogP contribution in [0.3, 0.4) is 0 Å². The second-order valence-electron chi connectivity index (χ2n) is 4.60. The van der Waals surface area contributed by atoms with Gasteiger partial charge in [-0.2, -0.15) is 0 Å². The van der Waals surface area contributed by atoms with Crippen molar-refractivity contribution in [1.29, 1.82) is 0 Å². The first-order chi connectivity index (χ1) is 5.73. The molecule has 1 aliphatic heterocycles. The molecule has 3 atom stereocenters. The number of fused-ring (bicyclic) bond motifs is 1. The average Bonchev–Trinajstić information content (AvgIpc) is 2.07. The average molecular weight is 169 g/mol. The lowest BCUT2D eigenvalue weighted by Gasteiger charge is -2.48. The van der Waals surface area contributed by atoms with Gasteiger partial charge in [0.2, 0.25) is 0 Å². The highest BCUT2D eigenvalue weighted by Crippen LogP contribution is 2.44. The number of hydrogen-bond acceptors (Lipinski definition) is 2. The predicted octanol–water partition coefficient (Wildman–Crippen LogP) is 1.15. The second-order valence-corrected chi connectivity index (χ2v) is 4.60. The molecule has 2 N–H and O–H groups in total. The summed E-state index contributed by atoms with van der Waals surface area (Å²) in [6.07, 6.45) is 4.65. The number of aliphatic hydroxyl groups is 1. The molecule has 2 heteroatoms. The van der Waals surface area contributed by atoms with Gasteiger partial charge in [0.1, 0.15) is 0 Å². The van der Waals surface area contributed by atoms with Crippen LogP contribution in [0, 0.1) is 11.3 Å². The molecule has 2 rings (SSSR count). The third kappa shape index (κ3) is 1.17. The molecule has 0 aromatic rings. The van der Waals surface area contributed by atoms with E-state index in [9.17, 15) is 5.11 Å². The summed E-state index contributed by atoms with van der Waals surface area (Å²) in [5.41, 5.74) is 0.226. The number of nitrogens with one attached hydrogen (secondary N) is 1. The minimum Gasteiger partial charge on any atom is -0.393 e. The van der Waals surface area contributed by atoms with Gasteiger partial charge in [-0.3, -0.25) is 0 Å². The fourth-order valence-electron chi connectivity index (χ4n) is 2.83. The summed E-state index contributed by atoms with van der Waals surface area (Å²) in [7, 11) is 0. The highest BCUT2D eigenvalue weighted by atomic mass is 16.3. The lowest BCUT2D eigenvalue weighted by molar-refractivity contribution is -0.0586. The van der Waals surface area contributed by atoms with Crippen molar-refractivity contribution >= 4 is 0 Å². The van der Waals surface area contributed by atoms with E-state index in [-0.39, 0.29) is 11.5 Å². The SMILES string of the molecule is CC12CCNCC1CCCC2O. The van der Waals surface area contributed by atoms with Crippen molar-refractivity contribution in [2.45, 2.75) is 38.7 Å². The van der Waals surface area contributed by atoms with Crippen molar-refractivity contribution in [2.75, 3.05) is 13.1 Å². The van der Waals surface area contributed by atoms with Crippen molar-refractivity contribution in [3.63, 3.8) is 0 Å². The van der Waals surface area contributed by atoms with E-state index >= 15 is 0 Å². The number of piperidine rings is 1. The van der Waals surface area contributed by atoms with E-state index in [1.165, 1.54) is 12.8 Å². The topological polar surface area (TPSA) is 32.3 Å². The Labute approximate surface area is 74.4 Å². The van der Waals surface area contributed by atoms with Crippen LogP contribution in [0.25, 0.3) is 0 Å². The van der Waals surface area contributed by atoms with Crippen molar-refractivity contribution < 1.29 is 5.11 Å². The molecular weight excluding hydrogens is 150 g/mol. The molecule has 0 aromatic carbocycles. The van der Waals surface area contributed by atoms with Gasteiger partial charge in [-0.1, -0.05) is 13.3 Å². The Morgan fingerprint density at radius 3 is 3.00 bits per heavy atom. The first-order valence-corrected chi connectivity index (χ1v) is 5.12. The molecule has 0 radical (unpaired) electrons. The molecule has 1 saturated carbocycles. The van der Waals surface area contributed by atoms with Crippen LogP contribution in [0.5, 0.6) is 0 Å². The van der Waals surface area contributed by atoms with Crippen molar-refractivity contribution in [2.24, 2.45) is 11.3 Å². The third-order valence-corrected chi connectivity index (χ3v) is 3.96. The Kier molecular flexibility index (Phi) is 2.13. The Morgan fingerprint density at radius 2 is 2.25 bits per heavy atom. The molecule has 70 valence electrons. The Hall–Kier alpha value is -0.0800. The molecule has 2 aliphatic rings. The van der Waals surface area contributed by atoms with Crippen LogP contribution < -0.4 is 5.32 Å². The number of rotatable bonds is 0. The van der Waals surface area contributed by atoms with Gasteiger partial charge in [0, 0.05) is 0 Å². The van der Waals surface area contributed by atoms with Gasteiger partial charge in [0.15, 0.2) is 0 Å². The first kappa shape index (κ1) is 8.52. The standard InChI is InChI=1S/C10H19NO/c1-10-5-6-11-7-8(10)3-2-4-9(10)12/h8-9,11-12H,2-7H2,1H3. The molecule has 0 bridgehead atoms. The van der Waals surface area contributed by atoms with E-state index in [1.807, 2.05) is 0 Å². The molecule has 12 heavy (non-hydrogen) atoms. The molecule has 1 saturated heterocycles. The molecule has 0 spiro atoms. The first-order valence-electron chi connectivity index (χ1n) is 5.12. The van der Waals surface area contributed by atoms with E-state index in [1.54, 1.807) is 0 Å². The molecule has 2 fully saturated rings. The maximum absolute atomic E-state index is 9.94. The Balaban J connectivity index is 2.14. The number of aliphatic hydroxyl groups excluding tert-OH is 1. The van der Waals surface area contributed by atoms with Crippen molar-refractivity contribution in [3.8, 4) is 0 Å². The molecule has 1 heterocycles. The van der Waals surface area contributed by atoms with Crippen LogP contribution in [0.4, 0.5) is 0 Å². The maximum atomic E-state index is 9.94. The molecule has 0 aromatic heterocycles. The predicted molar refractivity (Wildman–Crippen MR) is 48.9 cm³/mol. The molecule has 3 unspecified atom stereocenters. The summed E-state index contributed by atoms with van der Waals surface area (Å²) in [4.78, 5) is 0. The third-order valence-electron chi connectivity index (χ3n) is 3.96. The van der Waals surface area contributed by atoms with E-state index in [0.29, 0.717) is 0 Å². The zero-order valence-electron chi connectivity index (χ0n) is 7.84. The van der Waals surface area contributed by atoms with Crippen LogP contribution in [-0.4, -0.2) is 24.3 Å². The summed E-state index contributed by atoms with van der Waals surface area (Å²) in [6, 6.07) is 0. The fourth-order valence-corrected chi connectivity index (χ4v) is 2.83. The van der Waals surface area contributed by atoms with Crippen LogP contribution >= 0.6 is 0 Å². The zero-order chi connectivity index (χ0) is 8.60. The summed E-state index contributed by atoms with van der Waals surface area (Å²) in [6.45, 7) is 4.47. The highest BCUT2D eigenvalue weighted by molar-refractivity contribution is 4.96. The van der Waals surface area contributed by atoms with Gasteiger partial charge in [0.25, 0.3) is 0 Å². The minimum absolute atomic E-state index is 0.0432. The lowest BCUT2D eigenvalue weighted by Crippen LogP contribution is -2.51. The van der Waals surface area contributed by atoms with E-state index in [4.69, 9.17) is 0 Å². The zero-order valence-corrected chi connectivity index (χ0v) is 7.84. The summed E-state index contributed by atoms with van der Waals surface area (Å²) in [5, 5.41) is 13.4. The quantitative estimate of drug-likeness (QED) is 0.570. The Bertz CT molecular complexity index is 169. The number of hydrogen-bond donors (Lipinski definition) is 2. The molecular formula is C10H19NO. The summed E-state index contributed by atoms with van der Waals surface area (Å²) in [5.74, 6) is 0.718. The highest BCUT2D eigenvalue weighted by Gasteiger charge is 2.44. The molecule has 2 nitrogen and oxygen atoms in total. The van der Waals surface area contributed by atoms with E-state index in [2.05, 4.69) is 12.2 Å². The monoisotopic (exact) mass is 169 g/mol. The van der Waals surface area contributed by atoms with Gasteiger partial charge >= 0.3 is 0 Å².